The second-order valence-corrected chi connectivity index (χ2v) is 4.71. The first kappa shape index (κ1) is 12.8. The average molecular weight is 272 g/mol. The van der Waals surface area contributed by atoms with E-state index in [1.165, 1.54) is 11.5 Å². The van der Waals surface area contributed by atoms with Crippen LogP contribution < -0.4 is 5.32 Å². The zero-order valence-electron chi connectivity index (χ0n) is 10.8. The molecule has 2 nitrogen and oxygen atoms in total. The van der Waals surface area contributed by atoms with Gasteiger partial charge in [0.2, 0.25) is 0 Å². The van der Waals surface area contributed by atoms with Gasteiger partial charge in [-0.2, -0.15) is 0 Å². The van der Waals surface area contributed by atoms with Gasteiger partial charge in [-0.25, -0.2) is 8.78 Å². The van der Waals surface area contributed by atoms with Gasteiger partial charge in [-0.3, -0.25) is 0 Å². The van der Waals surface area contributed by atoms with Crippen molar-refractivity contribution >= 4 is 10.9 Å². The molecule has 0 aliphatic rings. The van der Waals surface area contributed by atoms with Crippen molar-refractivity contribution in [3.05, 3.63) is 71.4 Å². The van der Waals surface area contributed by atoms with E-state index in [0.29, 0.717) is 13.1 Å². The Morgan fingerprint density at radius 3 is 2.65 bits per heavy atom. The number of para-hydroxylation sites is 1. The van der Waals surface area contributed by atoms with Crippen LogP contribution in [0.5, 0.6) is 0 Å². The summed E-state index contributed by atoms with van der Waals surface area (Å²) in [5, 5.41) is 4.41. The second kappa shape index (κ2) is 5.43. The zero-order chi connectivity index (χ0) is 13.9. The lowest BCUT2D eigenvalue weighted by Gasteiger charge is -2.05. The quantitative estimate of drug-likeness (QED) is 0.744. The fourth-order valence-electron chi connectivity index (χ4n) is 2.27. The molecule has 0 spiro atoms. The predicted octanol–water partition coefficient (Wildman–Crippen LogP) is 3.74. The maximum atomic E-state index is 13.1. The van der Waals surface area contributed by atoms with E-state index in [2.05, 4.69) is 16.4 Å². The number of H-pyrrole nitrogens is 1. The molecule has 0 fully saturated rings. The van der Waals surface area contributed by atoms with Crippen LogP contribution in [0.4, 0.5) is 8.78 Å². The Hall–Kier alpha value is -2.20. The van der Waals surface area contributed by atoms with Crippen molar-refractivity contribution in [2.75, 3.05) is 0 Å². The van der Waals surface area contributed by atoms with Crippen molar-refractivity contribution in [1.82, 2.24) is 10.3 Å². The highest BCUT2D eigenvalue weighted by atomic mass is 19.2. The zero-order valence-corrected chi connectivity index (χ0v) is 10.8. The fraction of sp³-hybridized carbons (Fsp3) is 0.125. The summed E-state index contributed by atoms with van der Waals surface area (Å²) in [6.07, 6.45) is 1.96. The van der Waals surface area contributed by atoms with Gasteiger partial charge in [0.1, 0.15) is 0 Å². The molecule has 1 aromatic heterocycles. The number of aromatic nitrogens is 1. The molecule has 0 saturated carbocycles. The van der Waals surface area contributed by atoms with Gasteiger partial charge in [0.05, 0.1) is 0 Å². The Morgan fingerprint density at radius 1 is 0.950 bits per heavy atom. The minimum absolute atomic E-state index is 0.497. The van der Waals surface area contributed by atoms with Gasteiger partial charge in [0, 0.05) is 30.2 Å². The fourth-order valence-corrected chi connectivity index (χ4v) is 2.27. The predicted molar refractivity (Wildman–Crippen MR) is 75.2 cm³/mol. The molecule has 2 N–H and O–H groups in total. The number of halogens is 2. The molecule has 102 valence electrons. The van der Waals surface area contributed by atoms with Crippen molar-refractivity contribution in [3.63, 3.8) is 0 Å². The molecule has 4 heteroatoms. The minimum atomic E-state index is -0.814. The molecule has 0 aliphatic heterocycles. The van der Waals surface area contributed by atoms with Crippen LogP contribution in [0.25, 0.3) is 10.9 Å². The molecule has 20 heavy (non-hydrogen) atoms. The molecule has 0 atom stereocenters. The molecule has 3 aromatic rings. The molecule has 0 amide bonds. The Bertz CT molecular complexity index is 734. The molecule has 0 saturated heterocycles. The summed E-state index contributed by atoms with van der Waals surface area (Å²) in [4.78, 5) is 3.20. The number of aromatic amines is 1. The van der Waals surface area contributed by atoms with E-state index >= 15 is 0 Å². The monoisotopic (exact) mass is 272 g/mol. The summed E-state index contributed by atoms with van der Waals surface area (Å²) in [7, 11) is 0. The third-order valence-corrected chi connectivity index (χ3v) is 3.30. The van der Waals surface area contributed by atoms with E-state index in [9.17, 15) is 8.78 Å². The van der Waals surface area contributed by atoms with E-state index in [-0.39, 0.29) is 0 Å². The Balaban J connectivity index is 1.66. The summed E-state index contributed by atoms with van der Waals surface area (Å²) in [6, 6.07) is 12.0. The number of rotatable bonds is 4. The SMILES string of the molecule is Fc1ccc(CNCc2c[nH]c3ccccc23)cc1F. The third-order valence-electron chi connectivity index (χ3n) is 3.30. The third kappa shape index (κ3) is 2.56. The Kier molecular flexibility index (Phi) is 3.48. The van der Waals surface area contributed by atoms with Crippen LogP contribution in [-0.2, 0) is 13.1 Å². The van der Waals surface area contributed by atoms with Crippen molar-refractivity contribution in [3.8, 4) is 0 Å². The first-order valence-corrected chi connectivity index (χ1v) is 6.43. The van der Waals surface area contributed by atoms with Crippen LogP contribution in [0, 0.1) is 11.6 Å². The molecule has 0 bridgehead atoms. The van der Waals surface area contributed by atoms with Gasteiger partial charge >= 0.3 is 0 Å². The molecule has 0 unspecified atom stereocenters. The molecule has 0 radical (unpaired) electrons. The average Bonchev–Trinajstić information content (AvgIpc) is 2.86. The molecular weight excluding hydrogens is 258 g/mol. The van der Waals surface area contributed by atoms with Crippen LogP contribution in [0.1, 0.15) is 11.1 Å². The van der Waals surface area contributed by atoms with Crippen molar-refractivity contribution < 1.29 is 8.78 Å². The van der Waals surface area contributed by atoms with E-state index in [1.54, 1.807) is 6.07 Å². The Morgan fingerprint density at radius 2 is 1.80 bits per heavy atom. The molecule has 1 heterocycles. The summed E-state index contributed by atoms with van der Waals surface area (Å²) in [6.45, 7) is 1.17. The Labute approximate surface area is 115 Å². The molecule has 3 rings (SSSR count). The first-order chi connectivity index (χ1) is 9.74. The van der Waals surface area contributed by atoms with E-state index in [0.717, 1.165) is 22.7 Å². The summed E-state index contributed by atoms with van der Waals surface area (Å²) >= 11 is 0. The van der Waals surface area contributed by atoms with Gasteiger partial charge in [-0.1, -0.05) is 24.3 Å². The van der Waals surface area contributed by atoms with Gasteiger partial charge in [-0.05, 0) is 29.3 Å². The summed E-state index contributed by atoms with van der Waals surface area (Å²) in [5.74, 6) is -1.62. The highest BCUT2D eigenvalue weighted by Crippen LogP contribution is 2.17. The standard InChI is InChI=1S/C16H14F2N2/c17-14-6-5-11(7-15(14)18)8-19-9-12-10-20-16-4-2-1-3-13(12)16/h1-7,10,19-20H,8-9H2. The normalized spacial score (nSPS) is 11.1. The highest BCUT2D eigenvalue weighted by Gasteiger charge is 2.04. The van der Waals surface area contributed by atoms with Gasteiger partial charge in [-0.15, -0.1) is 0 Å². The van der Waals surface area contributed by atoms with Crippen LogP contribution in [0.15, 0.2) is 48.7 Å². The maximum Gasteiger partial charge on any atom is 0.159 e. The van der Waals surface area contributed by atoms with Gasteiger partial charge in [0.25, 0.3) is 0 Å². The minimum Gasteiger partial charge on any atom is -0.361 e. The van der Waals surface area contributed by atoms with Crippen LogP contribution >= 0.6 is 0 Å². The lowest BCUT2D eigenvalue weighted by molar-refractivity contribution is 0.506. The van der Waals surface area contributed by atoms with E-state index < -0.39 is 11.6 Å². The van der Waals surface area contributed by atoms with E-state index in [1.807, 2.05) is 24.4 Å². The lowest BCUT2D eigenvalue weighted by Crippen LogP contribution is -2.12. The summed E-state index contributed by atoms with van der Waals surface area (Å²) in [5.41, 5.74) is 2.98. The molecule has 0 aliphatic carbocycles. The summed E-state index contributed by atoms with van der Waals surface area (Å²) < 4.78 is 25.9. The largest absolute Gasteiger partial charge is 0.361 e. The van der Waals surface area contributed by atoms with Gasteiger partial charge in [0.15, 0.2) is 11.6 Å². The topological polar surface area (TPSA) is 27.8 Å². The van der Waals surface area contributed by atoms with Crippen molar-refractivity contribution in [1.29, 1.82) is 0 Å². The van der Waals surface area contributed by atoms with Crippen LogP contribution in [0.2, 0.25) is 0 Å². The van der Waals surface area contributed by atoms with Crippen LogP contribution in [0.3, 0.4) is 0 Å². The number of hydrogen-bond acceptors (Lipinski definition) is 1. The number of nitrogens with one attached hydrogen (secondary N) is 2. The molecular formula is C16H14F2N2. The van der Waals surface area contributed by atoms with E-state index in [4.69, 9.17) is 0 Å². The molecule has 2 aromatic carbocycles. The van der Waals surface area contributed by atoms with Crippen molar-refractivity contribution in [2.24, 2.45) is 0 Å². The number of hydrogen-bond donors (Lipinski definition) is 2. The van der Waals surface area contributed by atoms with Crippen LogP contribution in [-0.4, -0.2) is 4.98 Å². The van der Waals surface area contributed by atoms with Crippen molar-refractivity contribution in [2.45, 2.75) is 13.1 Å². The second-order valence-electron chi connectivity index (χ2n) is 4.71. The number of benzene rings is 2. The van der Waals surface area contributed by atoms with Gasteiger partial charge < -0.3 is 10.3 Å². The number of fused-ring (bicyclic) bond motifs is 1. The smallest absolute Gasteiger partial charge is 0.159 e. The highest BCUT2D eigenvalue weighted by molar-refractivity contribution is 5.82. The maximum absolute atomic E-state index is 13.1. The first-order valence-electron chi connectivity index (χ1n) is 6.43. The lowest BCUT2D eigenvalue weighted by atomic mass is 10.1.